The van der Waals surface area contributed by atoms with Crippen molar-refractivity contribution in [3.8, 4) is 0 Å². The average Bonchev–Trinajstić information content (AvgIpc) is 2.54. The lowest BCUT2D eigenvalue weighted by Crippen LogP contribution is -2.36. The fourth-order valence-corrected chi connectivity index (χ4v) is 1.63. The molecule has 0 spiro atoms. The van der Waals surface area contributed by atoms with Crippen LogP contribution in [-0.2, 0) is 9.59 Å². The van der Waals surface area contributed by atoms with Gasteiger partial charge in [0.2, 0.25) is 11.8 Å². The Labute approximate surface area is 90.2 Å². The predicted molar refractivity (Wildman–Crippen MR) is 57.3 cm³/mol. The maximum Gasteiger partial charge on any atom is 0.225 e. The van der Waals surface area contributed by atoms with Crippen LogP contribution in [0, 0.1) is 5.92 Å². The number of amides is 2. The van der Waals surface area contributed by atoms with Gasteiger partial charge in [0.15, 0.2) is 0 Å². The summed E-state index contributed by atoms with van der Waals surface area (Å²) in [6, 6.07) is 0. The van der Waals surface area contributed by atoms with E-state index in [2.05, 4.69) is 10.6 Å². The first-order chi connectivity index (χ1) is 7.15. The Bertz CT molecular complexity index is 243. The van der Waals surface area contributed by atoms with Crippen LogP contribution < -0.4 is 10.6 Å². The fraction of sp³-hybridized carbons (Fsp3) is 0.800. The van der Waals surface area contributed by atoms with Gasteiger partial charge in [-0.25, -0.2) is 0 Å². The Morgan fingerprint density at radius 2 is 2.27 bits per heavy atom. The lowest BCUT2D eigenvalue weighted by atomic mass is 10.1. The van der Waals surface area contributed by atoms with Crippen LogP contribution >= 0.6 is 0 Å². The van der Waals surface area contributed by atoms with Gasteiger partial charge in [0, 0.05) is 33.1 Å². The number of rotatable bonds is 5. The molecule has 2 amide bonds. The molecule has 15 heavy (non-hydrogen) atoms. The van der Waals surface area contributed by atoms with Crippen molar-refractivity contribution in [1.82, 2.24) is 15.5 Å². The number of hydrogen-bond acceptors (Lipinski definition) is 3. The topological polar surface area (TPSA) is 61.4 Å². The van der Waals surface area contributed by atoms with Crippen molar-refractivity contribution in [2.75, 3.05) is 33.2 Å². The minimum absolute atomic E-state index is 0.00870. The molecule has 1 heterocycles. The molecule has 86 valence electrons. The van der Waals surface area contributed by atoms with Crippen molar-refractivity contribution in [1.29, 1.82) is 0 Å². The van der Waals surface area contributed by atoms with E-state index in [1.54, 1.807) is 11.9 Å². The summed E-state index contributed by atoms with van der Waals surface area (Å²) >= 11 is 0. The molecule has 0 saturated carbocycles. The maximum atomic E-state index is 11.6. The standard InChI is InChI=1S/C10H19N3O2/c1-3-11-4-5-12-10(15)8-6-9(14)13(2)7-8/h8,11H,3-7H2,1-2H3,(H,12,15). The average molecular weight is 213 g/mol. The van der Waals surface area contributed by atoms with Gasteiger partial charge < -0.3 is 15.5 Å². The third kappa shape index (κ3) is 3.51. The Balaban J connectivity index is 2.21. The molecule has 5 nitrogen and oxygen atoms in total. The van der Waals surface area contributed by atoms with E-state index >= 15 is 0 Å². The second-order valence-electron chi connectivity index (χ2n) is 3.82. The van der Waals surface area contributed by atoms with Gasteiger partial charge in [0.05, 0.1) is 5.92 Å². The highest BCUT2D eigenvalue weighted by atomic mass is 16.2. The van der Waals surface area contributed by atoms with Gasteiger partial charge in [-0.1, -0.05) is 6.92 Å². The maximum absolute atomic E-state index is 11.6. The van der Waals surface area contributed by atoms with Crippen LogP contribution in [-0.4, -0.2) is 49.9 Å². The molecule has 0 bridgehead atoms. The third-order valence-corrected chi connectivity index (χ3v) is 2.56. The first-order valence-electron chi connectivity index (χ1n) is 5.37. The molecule has 1 saturated heterocycles. The Hall–Kier alpha value is -1.10. The van der Waals surface area contributed by atoms with Crippen LogP contribution in [0.15, 0.2) is 0 Å². The van der Waals surface area contributed by atoms with E-state index in [0.29, 0.717) is 19.5 Å². The number of likely N-dealkylation sites (tertiary alicyclic amines) is 1. The number of hydrogen-bond donors (Lipinski definition) is 2. The summed E-state index contributed by atoms with van der Waals surface area (Å²) in [5.74, 6) is -0.114. The molecule has 1 unspecified atom stereocenters. The van der Waals surface area contributed by atoms with Crippen molar-refractivity contribution in [2.24, 2.45) is 5.92 Å². The van der Waals surface area contributed by atoms with Crippen LogP contribution in [0.4, 0.5) is 0 Å². The summed E-state index contributed by atoms with van der Waals surface area (Å²) in [4.78, 5) is 24.4. The van der Waals surface area contributed by atoms with Gasteiger partial charge in [-0.2, -0.15) is 0 Å². The van der Waals surface area contributed by atoms with E-state index in [4.69, 9.17) is 0 Å². The van der Waals surface area contributed by atoms with E-state index in [9.17, 15) is 9.59 Å². The zero-order valence-electron chi connectivity index (χ0n) is 9.38. The molecule has 0 aromatic carbocycles. The molecular weight excluding hydrogens is 194 g/mol. The molecule has 1 aliphatic heterocycles. The number of nitrogens with one attached hydrogen (secondary N) is 2. The molecule has 1 rings (SSSR count). The third-order valence-electron chi connectivity index (χ3n) is 2.56. The molecule has 0 radical (unpaired) electrons. The minimum atomic E-state index is -0.163. The van der Waals surface area contributed by atoms with E-state index in [-0.39, 0.29) is 17.7 Å². The normalized spacial score (nSPS) is 20.8. The molecule has 0 aromatic rings. The second kappa shape index (κ2) is 5.70. The Morgan fingerprint density at radius 3 is 2.80 bits per heavy atom. The van der Waals surface area contributed by atoms with Crippen LogP contribution in [0.3, 0.4) is 0 Å². The van der Waals surface area contributed by atoms with Gasteiger partial charge in [-0.15, -0.1) is 0 Å². The van der Waals surface area contributed by atoms with Gasteiger partial charge >= 0.3 is 0 Å². The molecule has 1 aliphatic rings. The van der Waals surface area contributed by atoms with Crippen LogP contribution in [0.5, 0.6) is 0 Å². The van der Waals surface area contributed by atoms with Crippen LogP contribution in [0.25, 0.3) is 0 Å². The highest BCUT2D eigenvalue weighted by Gasteiger charge is 2.31. The van der Waals surface area contributed by atoms with Gasteiger partial charge in [-0.3, -0.25) is 9.59 Å². The van der Waals surface area contributed by atoms with Crippen molar-refractivity contribution >= 4 is 11.8 Å². The monoisotopic (exact) mass is 213 g/mol. The van der Waals surface area contributed by atoms with Crippen LogP contribution in [0.1, 0.15) is 13.3 Å². The van der Waals surface area contributed by atoms with E-state index < -0.39 is 0 Å². The molecule has 5 heteroatoms. The van der Waals surface area contributed by atoms with Gasteiger partial charge in [-0.05, 0) is 6.54 Å². The summed E-state index contributed by atoms with van der Waals surface area (Å²) in [5, 5.41) is 5.94. The Kier molecular flexibility index (Phi) is 4.55. The number of carbonyl (C=O) groups is 2. The zero-order chi connectivity index (χ0) is 11.3. The Morgan fingerprint density at radius 1 is 1.53 bits per heavy atom. The molecule has 0 aliphatic carbocycles. The number of carbonyl (C=O) groups excluding carboxylic acids is 2. The van der Waals surface area contributed by atoms with Crippen molar-refractivity contribution in [2.45, 2.75) is 13.3 Å². The van der Waals surface area contributed by atoms with E-state index in [1.807, 2.05) is 6.92 Å². The summed E-state index contributed by atoms with van der Waals surface area (Å²) in [6.07, 6.45) is 0.351. The molecule has 2 N–H and O–H groups in total. The summed E-state index contributed by atoms with van der Waals surface area (Å²) in [6.45, 7) is 4.87. The zero-order valence-corrected chi connectivity index (χ0v) is 9.38. The number of nitrogens with zero attached hydrogens (tertiary/aromatic N) is 1. The molecule has 1 fully saturated rings. The van der Waals surface area contributed by atoms with Crippen molar-refractivity contribution < 1.29 is 9.59 Å². The highest BCUT2D eigenvalue weighted by molar-refractivity contribution is 5.89. The quantitative estimate of drug-likeness (QED) is 0.587. The van der Waals surface area contributed by atoms with E-state index in [1.165, 1.54) is 0 Å². The van der Waals surface area contributed by atoms with Crippen LogP contribution in [0.2, 0.25) is 0 Å². The van der Waals surface area contributed by atoms with Gasteiger partial charge in [0.1, 0.15) is 0 Å². The summed E-state index contributed by atoms with van der Waals surface area (Å²) in [5.41, 5.74) is 0. The van der Waals surface area contributed by atoms with Crippen molar-refractivity contribution in [3.05, 3.63) is 0 Å². The summed E-state index contributed by atoms with van der Waals surface area (Å²) in [7, 11) is 1.73. The first-order valence-corrected chi connectivity index (χ1v) is 5.37. The second-order valence-corrected chi connectivity index (χ2v) is 3.82. The first kappa shape index (κ1) is 12.0. The predicted octanol–water partition coefficient (Wildman–Crippen LogP) is -0.810. The smallest absolute Gasteiger partial charge is 0.225 e. The highest BCUT2D eigenvalue weighted by Crippen LogP contribution is 2.15. The van der Waals surface area contributed by atoms with Gasteiger partial charge in [0.25, 0.3) is 0 Å². The molecule has 1 atom stereocenters. The number of likely N-dealkylation sites (N-methyl/N-ethyl adjacent to an activating group) is 1. The van der Waals surface area contributed by atoms with E-state index in [0.717, 1.165) is 13.1 Å². The largest absolute Gasteiger partial charge is 0.355 e. The molecular formula is C10H19N3O2. The molecule has 0 aromatic heterocycles. The minimum Gasteiger partial charge on any atom is -0.355 e. The lowest BCUT2D eigenvalue weighted by Gasteiger charge is -2.10. The lowest BCUT2D eigenvalue weighted by molar-refractivity contribution is -0.128. The SMILES string of the molecule is CCNCCNC(=O)C1CC(=O)N(C)C1. The summed E-state index contributed by atoms with van der Waals surface area (Å²) < 4.78 is 0. The van der Waals surface area contributed by atoms with Crippen molar-refractivity contribution in [3.63, 3.8) is 0 Å². The fourth-order valence-electron chi connectivity index (χ4n) is 1.63.